The number of pyridine rings is 1. The SMILES string of the molecule is C[C@@H](Sc1ncc(-c2ccccc2)n1C[C@H]1CCCO1)C(=O)Nc1ccc(Cl)cn1. The van der Waals surface area contributed by atoms with Gasteiger partial charge in [0, 0.05) is 12.8 Å². The number of carbonyl (C=O) groups is 1. The Hall–Kier alpha value is -2.35. The van der Waals surface area contributed by atoms with E-state index in [4.69, 9.17) is 16.3 Å². The van der Waals surface area contributed by atoms with Crippen molar-refractivity contribution in [2.45, 2.75) is 42.8 Å². The molecule has 3 heterocycles. The van der Waals surface area contributed by atoms with Crippen molar-refractivity contribution in [1.29, 1.82) is 0 Å². The van der Waals surface area contributed by atoms with Gasteiger partial charge in [0.25, 0.3) is 0 Å². The van der Waals surface area contributed by atoms with Crippen molar-refractivity contribution in [3.63, 3.8) is 0 Å². The molecule has 0 radical (unpaired) electrons. The molecule has 1 aromatic carbocycles. The van der Waals surface area contributed by atoms with Gasteiger partial charge in [-0.2, -0.15) is 0 Å². The average Bonchev–Trinajstić information content (AvgIpc) is 3.41. The molecule has 2 aromatic heterocycles. The molecule has 2 atom stereocenters. The molecule has 30 heavy (non-hydrogen) atoms. The molecule has 156 valence electrons. The molecule has 0 aliphatic carbocycles. The zero-order valence-electron chi connectivity index (χ0n) is 16.6. The first-order valence-electron chi connectivity index (χ1n) is 9.92. The van der Waals surface area contributed by atoms with Crippen LogP contribution in [0.15, 0.2) is 60.0 Å². The second kappa shape index (κ2) is 9.64. The Morgan fingerprint density at radius 2 is 2.10 bits per heavy atom. The highest BCUT2D eigenvalue weighted by atomic mass is 35.5. The predicted octanol–water partition coefficient (Wildman–Crippen LogP) is 4.90. The van der Waals surface area contributed by atoms with Crippen molar-refractivity contribution >= 4 is 35.1 Å². The van der Waals surface area contributed by atoms with E-state index in [0.717, 1.165) is 42.4 Å². The summed E-state index contributed by atoms with van der Waals surface area (Å²) < 4.78 is 8.02. The molecule has 8 heteroatoms. The molecule has 1 amide bonds. The zero-order valence-corrected chi connectivity index (χ0v) is 18.2. The van der Waals surface area contributed by atoms with Gasteiger partial charge in [0.2, 0.25) is 5.91 Å². The molecule has 0 bridgehead atoms. The van der Waals surface area contributed by atoms with E-state index in [2.05, 4.69) is 32.0 Å². The van der Waals surface area contributed by atoms with E-state index in [0.29, 0.717) is 10.8 Å². The minimum atomic E-state index is -0.350. The maximum absolute atomic E-state index is 12.7. The van der Waals surface area contributed by atoms with Crippen molar-refractivity contribution in [2.75, 3.05) is 11.9 Å². The van der Waals surface area contributed by atoms with Crippen LogP contribution in [0.25, 0.3) is 11.3 Å². The molecule has 3 aromatic rings. The highest BCUT2D eigenvalue weighted by Gasteiger charge is 2.23. The topological polar surface area (TPSA) is 69.0 Å². The fourth-order valence-electron chi connectivity index (χ4n) is 3.35. The molecule has 6 nitrogen and oxygen atoms in total. The number of benzene rings is 1. The van der Waals surface area contributed by atoms with Crippen molar-refractivity contribution in [3.8, 4) is 11.3 Å². The van der Waals surface area contributed by atoms with Crippen LogP contribution in [-0.4, -0.2) is 38.4 Å². The number of hydrogen-bond acceptors (Lipinski definition) is 5. The lowest BCUT2D eigenvalue weighted by atomic mass is 10.1. The smallest absolute Gasteiger partial charge is 0.238 e. The fourth-order valence-corrected chi connectivity index (χ4v) is 4.36. The summed E-state index contributed by atoms with van der Waals surface area (Å²) in [4.78, 5) is 21.4. The van der Waals surface area contributed by atoms with E-state index >= 15 is 0 Å². The number of nitrogens with one attached hydrogen (secondary N) is 1. The van der Waals surface area contributed by atoms with Gasteiger partial charge in [0.1, 0.15) is 5.82 Å². The fraction of sp³-hybridized carbons (Fsp3) is 0.318. The number of ether oxygens (including phenoxy) is 1. The normalized spacial score (nSPS) is 17.1. The Kier molecular flexibility index (Phi) is 6.72. The maximum atomic E-state index is 12.7. The van der Waals surface area contributed by atoms with E-state index in [9.17, 15) is 4.79 Å². The number of halogens is 1. The standard InChI is InChI=1S/C22H23ClN4O2S/c1-15(21(28)26-20-10-9-17(23)12-24-20)30-22-25-13-19(16-6-3-2-4-7-16)27(22)14-18-8-5-11-29-18/h2-4,6-7,9-10,12-13,15,18H,5,8,11,14H2,1H3,(H,24,26,28)/t15-,18-/m1/s1. The Morgan fingerprint density at radius 1 is 1.27 bits per heavy atom. The molecular formula is C22H23ClN4O2S. The van der Waals surface area contributed by atoms with E-state index < -0.39 is 0 Å². The van der Waals surface area contributed by atoms with Gasteiger partial charge < -0.3 is 14.6 Å². The number of hydrogen-bond donors (Lipinski definition) is 1. The van der Waals surface area contributed by atoms with E-state index in [-0.39, 0.29) is 17.3 Å². The van der Waals surface area contributed by atoms with Crippen LogP contribution < -0.4 is 5.32 Å². The lowest BCUT2D eigenvalue weighted by Crippen LogP contribution is -2.24. The van der Waals surface area contributed by atoms with Crippen molar-refractivity contribution < 1.29 is 9.53 Å². The van der Waals surface area contributed by atoms with Gasteiger partial charge in [0.15, 0.2) is 5.16 Å². The van der Waals surface area contributed by atoms with E-state index in [1.165, 1.54) is 18.0 Å². The molecule has 0 spiro atoms. The Morgan fingerprint density at radius 3 is 2.80 bits per heavy atom. The zero-order chi connectivity index (χ0) is 20.9. The monoisotopic (exact) mass is 442 g/mol. The van der Waals surface area contributed by atoms with Crippen LogP contribution in [0.3, 0.4) is 0 Å². The van der Waals surface area contributed by atoms with Crippen molar-refractivity contribution in [3.05, 3.63) is 59.9 Å². The molecule has 0 saturated carbocycles. The van der Waals surface area contributed by atoms with Crippen molar-refractivity contribution in [2.24, 2.45) is 0 Å². The van der Waals surface area contributed by atoms with Crippen LogP contribution in [0.1, 0.15) is 19.8 Å². The molecule has 0 unspecified atom stereocenters. The molecule has 4 rings (SSSR count). The van der Waals surface area contributed by atoms with Gasteiger partial charge in [-0.25, -0.2) is 9.97 Å². The highest BCUT2D eigenvalue weighted by Crippen LogP contribution is 2.30. The third-order valence-electron chi connectivity index (χ3n) is 4.93. The Bertz CT molecular complexity index is 988. The largest absolute Gasteiger partial charge is 0.376 e. The minimum Gasteiger partial charge on any atom is -0.376 e. The summed E-state index contributed by atoms with van der Waals surface area (Å²) >= 11 is 7.29. The third-order valence-corrected chi connectivity index (χ3v) is 6.26. The lowest BCUT2D eigenvalue weighted by Gasteiger charge is -2.17. The summed E-state index contributed by atoms with van der Waals surface area (Å²) in [5.41, 5.74) is 2.12. The Labute approximate surface area is 185 Å². The number of aromatic nitrogens is 3. The first kappa shape index (κ1) is 20.9. The Balaban J connectivity index is 1.52. The van der Waals surface area contributed by atoms with Gasteiger partial charge in [-0.05, 0) is 37.5 Å². The van der Waals surface area contributed by atoms with Crippen LogP contribution >= 0.6 is 23.4 Å². The van der Waals surface area contributed by atoms with Crippen LogP contribution in [-0.2, 0) is 16.1 Å². The summed E-state index contributed by atoms with van der Waals surface area (Å²) in [5.74, 6) is 0.340. The van der Waals surface area contributed by atoms with Crippen LogP contribution in [0.2, 0.25) is 5.02 Å². The summed E-state index contributed by atoms with van der Waals surface area (Å²) in [6, 6.07) is 13.5. The predicted molar refractivity (Wildman–Crippen MR) is 120 cm³/mol. The van der Waals surface area contributed by atoms with E-state index in [1.807, 2.05) is 31.3 Å². The molecular weight excluding hydrogens is 420 g/mol. The number of imidazole rings is 1. The van der Waals surface area contributed by atoms with Crippen LogP contribution in [0.5, 0.6) is 0 Å². The number of amides is 1. The first-order valence-corrected chi connectivity index (χ1v) is 11.2. The second-order valence-electron chi connectivity index (χ2n) is 7.15. The van der Waals surface area contributed by atoms with Gasteiger partial charge in [-0.3, -0.25) is 4.79 Å². The summed E-state index contributed by atoms with van der Waals surface area (Å²) in [6.45, 7) is 3.39. The quantitative estimate of drug-likeness (QED) is 0.527. The molecule has 1 fully saturated rings. The number of carbonyl (C=O) groups excluding carboxylic acids is 1. The van der Waals surface area contributed by atoms with E-state index in [1.54, 1.807) is 12.1 Å². The highest BCUT2D eigenvalue weighted by molar-refractivity contribution is 8.00. The van der Waals surface area contributed by atoms with Gasteiger partial charge in [-0.15, -0.1) is 0 Å². The van der Waals surface area contributed by atoms with Crippen LogP contribution in [0, 0.1) is 0 Å². The van der Waals surface area contributed by atoms with Gasteiger partial charge in [0.05, 0.1) is 34.8 Å². The summed E-state index contributed by atoms with van der Waals surface area (Å²) in [6.07, 6.45) is 5.67. The molecule has 1 saturated heterocycles. The van der Waals surface area contributed by atoms with Crippen LogP contribution in [0.4, 0.5) is 5.82 Å². The number of anilines is 1. The summed E-state index contributed by atoms with van der Waals surface area (Å²) in [7, 11) is 0. The number of nitrogens with zero attached hydrogens (tertiary/aromatic N) is 3. The lowest BCUT2D eigenvalue weighted by molar-refractivity contribution is -0.115. The average molecular weight is 443 g/mol. The maximum Gasteiger partial charge on any atom is 0.238 e. The minimum absolute atomic E-state index is 0.136. The second-order valence-corrected chi connectivity index (χ2v) is 8.89. The molecule has 1 aliphatic rings. The van der Waals surface area contributed by atoms with Gasteiger partial charge in [-0.1, -0.05) is 53.7 Å². The molecule has 1 N–H and O–H groups in total. The molecule has 1 aliphatic heterocycles. The number of rotatable bonds is 7. The van der Waals surface area contributed by atoms with Crippen molar-refractivity contribution in [1.82, 2.24) is 14.5 Å². The number of thioether (sulfide) groups is 1. The first-order chi connectivity index (χ1) is 14.6. The van der Waals surface area contributed by atoms with Gasteiger partial charge >= 0.3 is 0 Å². The third kappa shape index (κ3) is 5.03. The summed E-state index contributed by atoms with van der Waals surface area (Å²) in [5, 5.41) is 3.81.